The minimum atomic E-state index is 0.691. The molecule has 2 N–H and O–H groups in total. The standard InChI is InChI=1S/C14H21ClN2/c1-10(2)8-17(13-4-5-13)9-11-7-12(15)3-6-14(11)16/h3,6-7,10,13H,4-5,8-9,16H2,1-2H3. The molecule has 94 valence electrons. The Hall–Kier alpha value is -0.730. The number of anilines is 1. The third-order valence-corrected chi connectivity index (χ3v) is 3.38. The largest absolute Gasteiger partial charge is 0.398 e. The number of nitrogens with zero attached hydrogens (tertiary/aromatic N) is 1. The molecule has 17 heavy (non-hydrogen) atoms. The lowest BCUT2D eigenvalue weighted by atomic mass is 10.1. The Morgan fingerprint density at radius 1 is 1.41 bits per heavy atom. The molecule has 3 heteroatoms. The Morgan fingerprint density at radius 2 is 2.12 bits per heavy atom. The first-order chi connectivity index (χ1) is 8.06. The van der Waals surface area contributed by atoms with Crippen molar-refractivity contribution in [2.75, 3.05) is 12.3 Å². The minimum absolute atomic E-state index is 0.691. The number of nitrogen functional groups attached to an aromatic ring is 1. The summed E-state index contributed by atoms with van der Waals surface area (Å²) in [6.07, 6.45) is 2.65. The lowest BCUT2D eigenvalue weighted by molar-refractivity contribution is 0.226. The van der Waals surface area contributed by atoms with Crippen molar-refractivity contribution < 1.29 is 0 Å². The Morgan fingerprint density at radius 3 is 2.71 bits per heavy atom. The summed E-state index contributed by atoms with van der Waals surface area (Å²) in [5.74, 6) is 0.691. The van der Waals surface area contributed by atoms with Crippen molar-refractivity contribution in [3.05, 3.63) is 28.8 Å². The van der Waals surface area contributed by atoms with Gasteiger partial charge in [0.2, 0.25) is 0 Å². The van der Waals surface area contributed by atoms with E-state index in [4.69, 9.17) is 17.3 Å². The van der Waals surface area contributed by atoms with Crippen LogP contribution in [-0.2, 0) is 6.54 Å². The number of hydrogen-bond acceptors (Lipinski definition) is 2. The summed E-state index contributed by atoms with van der Waals surface area (Å²) in [4.78, 5) is 2.53. The Bertz CT molecular complexity index is 386. The van der Waals surface area contributed by atoms with Crippen molar-refractivity contribution >= 4 is 17.3 Å². The molecule has 0 aliphatic heterocycles. The highest BCUT2D eigenvalue weighted by Crippen LogP contribution is 2.30. The molecular weight excluding hydrogens is 232 g/mol. The third kappa shape index (κ3) is 3.62. The van der Waals surface area contributed by atoms with E-state index in [1.807, 2.05) is 18.2 Å². The molecule has 1 aromatic rings. The van der Waals surface area contributed by atoms with E-state index in [2.05, 4.69) is 18.7 Å². The van der Waals surface area contributed by atoms with Gasteiger partial charge in [-0.1, -0.05) is 25.4 Å². The fourth-order valence-corrected chi connectivity index (χ4v) is 2.38. The highest BCUT2D eigenvalue weighted by molar-refractivity contribution is 6.30. The van der Waals surface area contributed by atoms with Gasteiger partial charge in [-0.2, -0.15) is 0 Å². The van der Waals surface area contributed by atoms with Gasteiger partial charge < -0.3 is 5.73 Å². The number of rotatable bonds is 5. The number of hydrogen-bond donors (Lipinski definition) is 1. The Kier molecular flexibility index (Phi) is 3.95. The summed E-state index contributed by atoms with van der Waals surface area (Å²) in [6.45, 7) is 6.58. The van der Waals surface area contributed by atoms with Gasteiger partial charge in [0.25, 0.3) is 0 Å². The van der Waals surface area contributed by atoms with Crippen LogP contribution in [0.25, 0.3) is 0 Å². The van der Waals surface area contributed by atoms with Crippen LogP contribution in [0, 0.1) is 5.92 Å². The van der Waals surface area contributed by atoms with Gasteiger partial charge in [-0.25, -0.2) is 0 Å². The van der Waals surface area contributed by atoms with E-state index in [1.165, 1.54) is 12.8 Å². The van der Waals surface area contributed by atoms with E-state index in [9.17, 15) is 0 Å². The molecule has 2 rings (SSSR count). The molecule has 0 spiro atoms. The molecule has 1 fully saturated rings. The smallest absolute Gasteiger partial charge is 0.0410 e. The molecule has 2 nitrogen and oxygen atoms in total. The van der Waals surface area contributed by atoms with Crippen molar-refractivity contribution in [1.29, 1.82) is 0 Å². The fraction of sp³-hybridized carbons (Fsp3) is 0.571. The predicted molar refractivity (Wildman–Crippen MR) is 74.1 cm³/mol. The molecule has 0 heterocycles. The first kappa shape index (κ1) is 12.7. The average molecular weight is 253 g/mol. The Labute approximate surface area is 109 Å². The third-order valence-electron chi connectivity index (χ3n) is 3.14. The van der Waals surface area contributed by atoms with Gasteiger partial charge in [-0.05, 0) is 42.5 Å². The number of halogens is 1. The summed E-state index contributed by atoms with van der Waals surface area (Å²) in [5.41, 5.74) is 8.01. The van der Waals surface area contributed by atoms with Crippen LogP contribution in [0.15, 0.2) is 18.2 Å². The molecule has 1 saturated carbocycles. The van der Waals surface area contributed by atoms with Gasteiger partial charge in [-0.15, -0.1) is 0 Å². The number of benzene rings is 1. The van der Waals surface area contributed by atoms with Gasteiger partial charge >= 0.3 is 0 Å². The van der Waals surface area contributed by atoms with Crippen LogP contribution in [0.5, 0.6) is 0 Å². The summed E-state index contributed by atoms with van der Waals surface area (Å²) >= 11 is 6.03. The monoisotopic (exact) mass is 252 g/mol. The minimum Gasteiger partial charge on any atom is -0.398 e. The molecule has 0 unspecified atom stereocenters. The zero-order valence-electron chi connectivity index (χ0n) is 10.6. The summed E-state index contributed by atoms with van der Waals surface area (Å²) in [7, 11) is 0. The zero-order valence-corrected chi connectivity index (χ0v) is 11.4. The van der Waals surface area contributed by atoms with Crippen LogP contribution in [-0.4, -0.2) is 17.5 Å². The fourth-order valence-electron chi connectivity index (χ4n) is 2.18. The normalized spacial score (nSPS) is 15.8. The van der Waals surface area contributed by atoms with Gasteiger partial charge in [0.15, 0.2) is 0 Å². The van der Waals surface area contributed by atoms with Crippen molar-refractivity contribution in [3.8, 4) is 0 Å². The molecule has 0 aromatic heterocycles. The maximum atomic E-state index is 6.03. The molecular formula is C14H21ClN2. The molecule has 0 atom stereocenters. The van der Waals surface area contributed by atoms with Crippen LogP contribution >= 0.6 is 11.6 Å². The molecule has 0 radical (unpaired) electrons. The van der Waals surface area contributed by atoms with Crippen LogP contribution in [0.1, 0.15) is 32.3 Å². The van der Waals surface area contributed by atoms with Crippen LogP contribution < -0.4 is 5.73 Å². The van der Waals surface area contributed by atoms with Crippen LogP contribution in [0.4, 0.5) is 5.69 Å². The van der Waals surface area contributed by atoms with E-state index in [0.29, 0.717) is 5.92 Å². The van der Waals surface area contributed by atoms with E-state index in [-0.39, 0.29) is 0 Å². The molecule has 0 amide bonds. The second kappa shape index (κ2) is 5.28. The van der Waals surface area contributed by atoms with Gasteiger partial charge in [-0.3, -0.25) is 4.90 Å². The topological polar surface area (TPSA) is 29.3 Å². The quantitative estimate of drug-likeness (QED) is 0.813. The van der Waals surface area contributed by atoms with Crippen molar-refractivity contribution in [1.82, 2.24) is 4.90 Å². The van der Waals surface area contributed by atoms with Gasteiger partial charge in [0.1, 0.15) is 0 Å². The lowest BCUT2D eigenvalue weighted by Gasteiger charge is -2.24. The van der Waals surface area contributed by atoms with E-state index in [0.717, 1.165) is 35.4 Å². The van der Waals surface area contributed by atoms with Crippen LogP contribution in [0.3, 0.4) is 0 Å². The van der Waals surface area contributed by atoms with E-state index < -0.39 is 0 Å². The first-order valence-electron chi connectivity index (χ1n) is 6.34. The lowest BCUT2D eigenvalue weighted by Crippen LogP contribution is -2.29. The summed E-state index contributed by atoms with van der Waals surface area (Å²) in [6, 6.07) is 6.51. The van der Waals surface area contributed by atoms with Gasteiger partial charge in [0.05, 0.1) is 0 Å². The molecule has 1 aliphatic rings. The average Bonchev–Trinajstić information content (AvgIpc) is 3.05. The first-order valence-corrected chi connectivity index (χ1v) is 6.72. The second-order valence-electron chi connectivity index (χ2n) is 5.40. The van der Waals surface area contributed by atoms with Crippen molar-refractivity contribution in [3.63, 3.8) is 0 Å². The summed E-state index contributed by atoms with van der Waals surface area (Å²) in [5, 5.41) is 0.773. The highest BCUT2D eigenvalue weighted by atomic mass is 35.5. The van der Waals surface area contributed by atoms with Gasteiger partial charge in [0, 0.05) is 29.8 Å². The Balaban J connectivity index is 2.08. The SMILES string of the molecule is CC(C)CN(Cc1cc(Cl)ccc1N)C1CC1. The summed E-state index contributed by atoms with van der Waals surface area (Å²) < 4.78 is 0. The number of nitrogens with two attached hydrogens (primary N) is 1. The highest BCUT2D eigenvalue weighted by Gasteiger charge is 2.29. The molecule has 0 saturated heterocycles. The second-order valence-corrected chi connectivity index (χ2v) is 5.83. The zero-order chi connectivity index (χ0) is 12.4. The maximum Gasteiger partial charge on any atom is 0.0410 e. The van der Waals surface area contributed by atoms with Crippen molar-refractivity contribution in [2.45, 2.75) is 39.3 Å². The van der Waals surface area contributed by atoms with Crippen molar-refractivity contribution in [2.24, 2.45) is 5.92 Å². The van der Waals surface area contributed by atoms with Crippen LogP contribution in [0.2, 0.25) is 5.02 Å². The van der Waals surface area contributed by atoms with E-state index >= 15 is 0 Å². The maximum absolute atomic E-state index is 6.03. The predicted octanol–water partition coefficient (Wildman–Crippen LogP) is 3.54. The molecule has 1 aromatic carbocycles. The van der Waals surface area contributed by atoms with E-state index in [1.54, 1.807) is 0 Å². The molecule has 0 bridgehead atoms. The molecule has 1 aliphatic carbocycles.